The number of aromatic nitrogens is 2. The molecule has 0 radical (unpaired) electrons. The van der Waals surface area contributed by atoms with Crippen LogP contribution in [0.3, 0.4) is 0 Å². The van der Waals surface area contributed by atoms with E-state index in [2.05, 4.69) is 15.3 Å². The van der Waals surface area contributed by atoms with Crippen molar-refractivity contribution in [2.45, 2.75) is 38.4 Å². The van der Waals surface area contributed by atoms with Crippen LogP contribution < -0.4 is 10.9 Å². The Labute approximate surface area is 160 Å². The minimum atomic E-state index is -0.164. The number of benzene rings is 1. The Hall–Kier alpha value is -2.12. The third-order valence-electron chi connectivity index (χ3n) is 4.14. The molecule has 2 N–H and O–H groups in total. The van der Waals surface area contributed by atoms with E-state index in [1.54, 1.807) is 0 Å². The molecule has 2 heterocycles. The Bertz CT molecular complexity index is 980. The summed E-state index contributed by atoms with van der Waals surface area (Å²) in [5, 5.41) is 4.00. The van der Waals surface area contributed by atoms with Crippen LogP contribution in [0.1, 0.15) is 25.1 Å². The first kappa shape index (κ1) is 18.7. The topological polar surface area (TPSA) is 74.8 Å². The van der Waals surface area contributed by atoms with E-state index < -0.39 is 0 Å². The average Bonchev–Trinajstić information content (AvgIpc) is 2.97. The average molecular weight is 388 g/mol. The minimum Gasteiger partial charge on any atom is -0.353 e. The van der Waals surface area contributed by atoms with Crippen molar-refractivity contribution in [1.82, 2.24) is 15.3 Å². The lowest BCUT2D eigenvalue weighted by atomic mass is 10.0. The zero-order valence-electron chi connectivity index (χ0n) is 15.0. The highest BCUT2D eigenvalue weighted by molar-refractivity contribution is 7.99. The number of H-pyrrole nitrogens is 1. The molecule has 3 rings (SSSR count). The number of thioether (sulfide) groups is 1. The first-order chi connectivity index (χ1) is 12.5. The molecule has 0 unspecified atom stereocenters. The van der Waals surface area contributed by atoms with Gasteiger partial charge in [-0.15, -0.1) is 11.3 Å². The first-order valence-corrected chi connectivity index (χ1v) is 10.3. The van der Waals surface area contributed by atoms with Gasteiger partial charge in [0.15, 0.2) is 5.16 Å². The zero-order valence-corrected chi connectivity index (χ0v) is 16.6. The SMILES string of the molecule is CC[C@@H](C)NC(=O)CSc1nc2sc(C)c(-c3ccccc3)c2c(=O)[nH]1. The van der Waals surface area contributed by atoms with Crippen LogP contribution in [0.2, 0.25) is 0 Å². The van der Waals surface area contributed by atoms with E-state index in [4.69, 9.17) is 0 Å². The smallest absolute Gasteiger partial charge is 0.260 e. The van der Waals surface area contributed by atoms with Gasteiger partial charge in [0, 0.05) is 16.5 Å². The number of aromatic amines is 1. The van der Waals surface area contributed by atoms with Crippen LogP contribution >= 0.6 is 23.1 Å². The predicted octanol–water partition coefficient (Wildman–Crippen LogP) is 3.97. The van der Waals surface area contributed by atoms with Crippen molar-refractivity contribution in [1.29, 1.82) is 0 Å². The molecular formula is C19H21N3O2S2. The van der Waals surface area contributed by atoms with Gasteiger partial charge in [0.25, 0.3) is 5.56 Å². The van der Waals surface area contributed by atoms with Crippen molar-refractivity contribution in [3.63, 3.8) is 0 Å². The fraction of sp³-hybridized carbons (Fsp3) is 0.316. The quantitative estimate of drug-likeness (QED) is 0.496. The summed E-state index contributed by atoms with van der Waals surface area (Å²) in [6.45, 7) is 5.99. The monoisotopic (exact) mass is 387 g/mol. The lowest BCUT2D eigenvalue weighted by molar-refractivity contribution is -0.119. The number of nitrogens with zero attached hydrogens (tertiary/aromatic N) is 1. The molecule has 1 aromatic carbocycles. The van der Waals surface area contributed by atoms with Crippen molar-refractivity contribution in [2.24, 2.45) is 0 Å². The summed E-state index contributed by atoms with van der Waals surface area (Å²) in [7, 11) is 0. The summed E-state index contributed by atoms with van der Waals surface area (Å²) in [5.41, 5.74) is 1.78. The highest BCUT2D eigenvalue weighted by atomic mass is 32.2. The maximum absolute atomic E-state index is 12.7. The van der Waals surface area contributed by atoms with Gasteiger partial charge in [-0.05, 0) is 25.8 Å². The summed E-state index contributed by atoms with van der Waals surface area (Å²) in [6.07, 6.45) is 0.883. The van der Waals surface area contributed by atoms with Crippen LogP contribution in [0.4, 0.5) is 0 Å². The van der Waals surface area contributed by atoms with Crippen molar-refractivity contribution in [2.75, 3.05) is 5.75 Å². The number of aryl methyl sites for hydroxylation is 1. The molecule has 0 saturated carbocycles. The second-order valence-electron chi connectivity index (χ2n) is 6.12. The molecule has 0 bridgehead atoms. The number of carbonyl (C=O) groups is 1. The van der Waals surface area contributed by atoms with Gasteiger partial charge in [0.2, 0.25) is 5.91 Å². The molecule has 0 aliphatic carbocycles. The highest BCUT2D eigenvalue weighted by Gasteiger charge is 2.17. The number of thiophene rings is 1. The van der Waals surface area contributed by atoms with E-state index in [1.807, 2.05) is 51.1 Å². The molecular weight excluding hydrogens is 366 g/mol. The molecule has 5 nitrogen and oxygen atoms in total. The lowest BCUT2D eigenvalue weighted by Gasteiger charge is -2.10. The Morgan fingerprint density at radius 3 is 2.77 bits per heavy atom. The third-order valence-corrected chi connectivity index (χ3v) is 6.01. The molecule has 1 atom stereocenters. The van der Waals surface area contributed by atoms with Crippen LogP contribution in [-0.4, -0.2) is 27.7 Å². The molecule has 26 heavy (non-hydrogen) atoms. The van der Waals surface area contributed by atoms with Crippen molar-refractivity contribution >= 4 is 39.2 Å². The Morgan fingerprint density at radius 1 is 1.35 bits per heavy atom. The van der Waals surface area contributed by atoms with Gasteiger partial charge in [-0.3, -0.25) is 9.59 Å². The van der Waals surface area contributed by atoms with Gasteiger partial charge < -0.3 is 10.3 Å². The van der Waals surface area contributed by atoms with Gasteiger partial charge in [0.05, 0.1) is 11.1 Å². The number of nitrogens with one attached hydrogen (secondary N) is 2. The minimum absolute atomic E-state index is 0.0561. The first-order valence-electron chi connectivity index (χ1n) is 8.50. The van der Waals surface area contributed by atoms with E-state index in [9.17, 15) is 9.59 Å². The zero-order chi connectivity index (χ0) is 18.7. The standard InChI is InChI=1S/C19H21N3O2S2/c1-4-11(2)20-14(23)10-25-19-21-17(24)16-15(12(3)26-18(16)22-19)13-8-6-5-7-9-13/h5-9,11H,4,10H2,1-3H3,(H,20,23)(H,21,22,24)/t11-/m1/s1. The molecule has 136 valence electrons. The molecule has 0 saturated heterocycles. The van der Waals surface area contributed by atoms with Crippen molar-refractivity contribution in [3.05, 3.63) is 45.6 Å². The Balaban J connectivity index is 1.88. The Morgan fingerprint density at radius 2 is 2.08 bits per heavy atom. The van der Waals surface area contributed by atoms with Crippen LogP contribution in [0.25, 0.3) is 21.3 Å². The molecule has 2 aromatic heterocycles. The van der Waals surface area contributed by atoms with Crippen molar-refractivity contribution < 1.29 is 4.79 Å². The summed E-state index contributed by atoms with van der Waals surface area (Å²) in [4.78, 5) is 33.7. The van der Waals surface area contributed by atoms with Gasteiger partial charge in [-0.2, -0.15) is 0 Å². The van der Waals surface area contributed by atoms with E-state index in [0.29, 0.717) is 15.4 Å². The van der Waals surface area contributed by atoms with Gasteiger partial charge in [-0.25, -0.2) is 4.98 Å². The molecule has 7 heteroatoms. The van der Waals surface area contributed by atoms with Crippen LogP contribution in [-0.2, 0) is 4.79 Å². The molecule has 0 aliphatic heterocycles. The van der Waals surface area contributed by atoms with E-state index in [-0.39, 0.29) is 23.3 Å². The van der Waals surface area contributed by atoms with Crippen LogP contribution in [0.5, 0.6) is 0 Å². The third kappa shape index (κ3) is 3.99. The summed E-state index contributed by atoms with van der Waals surface area (Å²) in [6, 6.07) is 10.0. The number of rotatable bonds is 6. The fourth-order valence-corrected chi connectivity index (χ4v) is 4.45. The van der Waals surface area contributed by atoms with Crippen LogP contribution in [0, 0.1) is 6.92 Å². The largest absolute Gasteiger partial charge is 0.353 e. The van der Waals surface area contributed by atoms with Crippen molar-refractivity contribution in [3.8, 4) is 11.1 Å². The maximum atomic E-state index is 12.7. The molecule has 0 aliphatic rings. The summed E-state index contributed by atoms with van der Waals surface area (Å²) in [5.74, 6) is 0.175. The molecule has 3 aromatic rings. The second kappa shape index (κ2) is 8.05. The van der Waals surface area contributed by atoms with Gasteiger partial charge >= 0.3 is 0 Å². The molecule has 0 spiro atoms. The lowest BCUT2D eigenvalue weighted by Crippen LogP contribution is -2.33. The summed E-state index contributed by atoms with van der Waals surface area (Å²) >= 11 is 2.75. The number of carbonyl (C=O) groups excluding carboxylic acids is 1. The number of hydrogen-bond donors (Lipinski definition) is 2. The van der Waals surface area contributed by atoms with Crippen LogP contribution in [0.15, 0.2) is 40.3 Å². The predicted molar refractivity (Wildman–Crippen MR) is 109 cm³/mol. The molecule has 1 amide bonds. The number of fused-ring (bicyclic) bond motifs is 1. The van der Waals surface area contributed by atoms with E-state index in [1.165, 1.54) is 23.1 Å². The number of hydrogen-bond acceptors (Lipinski definition) is 5. The normalized spacial score (nSPS) is 12.3. The van der Waals surface area contributed by atoms with Gasteiger partial charge in [0.1, 0.15) is 4.83 Å². The number of amides is 1. The summed E-state index contributed by atoms with van der Waals surface area (Å²) < 4.78 is 0. The highest BCUT2D eigenvalue weighted by Crippen LogP contribution is 2.35. The fourth-order valence-electron chi connectivity index (χ4n) is 2.67. The maximum Gasteiger partial charge on any atom is 0.260 e. The Kier molecular flexibility index (Phi) is 5.78. The molecule has 0 fully saturated rings. The van der Waals surface area contributed by atoms with E-state index >= 15 is 0 Å². The second-order valence-corrected chi connectivity index (χ2v) is 8.28. The van der Waals surface area contributed by atoms with Gasteiger partial charge in [-0.1, -0.05) is 49.0 Å². The van der Waals surface area contributed by atoms with E-state index in [0.717, 1.165) is 22.4 Å².